The number of alkyl halides is 2. The molecule has 1 saturated carbocycles. The van der Waals surface area contributed by atoms with Crippen molar-refractivity contribution in [2.24, 2.45) is 5.92 Å². The Kier molecular flexibility index (Phi) is 6.22. The Labute approximate surface area is 155 Å². The maximum atomic E-state index is 13.4. The third kappa shape index (κ3) is 4.74. The highest BCUT2D eigenvalue weighted by atomic mass is 32.2. The largest absolute Gasteiger partial charge is 0.337 e. The summed E-state index contributed by atoms with van der Waals surface area (Å²) in [5.74, 6) is -2.76. The lowest BCUT2D eigenvalue weighted by Gasteiger charge is -2.43. The number of hydrogen-bond acceptors (Lipinski definition) is 3. The molecule has 3 fully saturated rings. The Morgan fingerprint density at radius 1 is 1.04 bits per heavy atom. The molecule has 26 heavy (non-hydrogen) atoms. The van der Waals surface area contributed by atoms with E-state index in [1.807, 2.05) is 0 Å². The normalized spacial score (nSPS) is 30.0. The highest BCUT2D eigenvalue weighted by Crippen LogP contribution is 2.36. The van der Waals surface area contributed by atoms with Gasteiger partial charge in [-0.05, 0) is 44.4 Å². The number of rotatable bonds is 5. The molecule has 0 bridgehead atoms. The molecule has 150 valence electrons. The third-order valence-electron chi connectivity index (χ3n) is 6.09. The minimum absolute atomic E-state index is 0.0250. The fraction of sp³-hybridized carbons (Fsp3) is 0.944. The van der Waals surface area contributed by atoms with Crippen LogP contribution in [0.5, 0.6) is 0 Å². The number of likely N-dealkylation sites (tertiary alicyclic amines) is 1. The van der Waals surface area contributed by atoms with Crippen molar-refractivity contribution in [2.75, 3.05) is 25.4 Å². The zero-order valence-corrected chi connectivity index (χ0v) is 16.2. The van der Waals surface area contributed by atoms with Crippen LogP contribution in [0.15, 0.2) is 0 Å². The van der Waals surface area contributed by atoms with E-state index in [0.717, 1.165) is 32.1 Å². The van der Waals surface area contributed by atoms with Crippen molar-refractivity contribution < 1.29 is 22.0 Å². The fourth-order valence-corrected chi connectivity index (χ4v) is 6.63. The molecule has 0 radical (unpaired) electrons. The van der Waals surface area contributed by atoms with Gasteiger partial charge in [0.05, 0.1) is 12.3 Å². The highest BCUT2D eigenvalue weighted by molar-refractivity contribution is 7.89. The van der Waals surface area contributed by atoms with Gasteiger partial charge in [-0.15, -0.1) is 0 Å². The fourth-order valence-electron chi connectivity index (χ4n) is 4.78. The summed E-state index contributed by atoms with van der Waals surface area (Å²) in [6, 6.07) is 0.124. The molecule has 2 saturated heterocycles. The predicted octanol–water partition coefficient (Wildman–Crippen LogP) is 3.01. The standard InChI is InChI=1S/C18H30F2N2O3S/c19-18(20)10-5-11-21(14-18)17(23)9-4-13-26(24,25)22-12-3-7-15-6-1-2-8-16(15)22/h15-16H,1-14H2. The van der Waals surface area contributed by atoms with Crippen LogP contribution in [0.1, 0.15) is 64.2 Å². The summed E-state index contributed by atoms with van der Waals surface area (Å²) >= 11 is 0. The maximum Gasteiger partial charge on any atom is 0.265 e. The van der Waals surface area contributed by atoms with Gasteiger partial charge in [0.15, 0.2) is 0 Å². The molecule has 0 aromatic heterocycles. The van der Waals surface area contributed by atoms with Crippen molar-refractivity contribution in [3.05, 3.63) is 0 Å². The Bertz CT molecular complexity index is 610. The second kappa shape index (κ2) is 8.09. The van der Waals surface area contributed by atoms with E-state index < -0.39 is 22.5 Å². The van der Waals surface area contributed by atoms with Gasteiger partial charge < -0.3 is 4.90 Å². The Hall–Kier alpha value is -0.760. The highest BCUT2D eigenvalue weighted by Gasteiger charge is 2.39. The molecular formula is C18H30F2N2O3S. The van der Waals surface area contributed by atoms with Gasteiger partial charge >= 0.3 is 0 Å². The van der Waals surface area contributed by atoms with E-state index in [0.29, 0.717) is 25.4 Å². The minimum atomic E-state index is -3.39. The van der Waals surface area contributed by atoms with Crippen LogP contribution in [0, 0.1) is 5.92 Å². The average Bonchev–Trinajstić information content (AvgIpc) is 2.60. The molecule has 8 heteroatoms. The molecule has 1 amide bonds. The zero-order chi connectivity index (χ0) is 18.8. The van der Waals surface area contributed by atoms with E-state index in [-0.39, 0.29) is 37.0 Å². The van der Waals surface area contributed by atoms with E-state index in [1.165, 1.54) is 11.3 Å². The number of fused-ring (bicyclic) bond motifs is 1. The molecule has 2 heterocycles. The van der Waals surface area contributed by atoms with E-state index in [1.54, 1.807) is 4.31 Å². The van der Waals surface area contributed by atoms with E-state index in [9.17, 15) is 22.0 Å². The molecule has 0 N–H and O–H groups in total. The lowest BCUT2D eigenvalue weighted by atomic mass is 9.79. The maximum absolute atomic E-state index is 13.4. The van der Waals surface area contributed by atoms with Crippen molar-refractivity contribution >= 4 is 15.9 Å². The summed E-state index contributed by atoms with van der Waals surface area (Å²) in [6.07, 6.45) is 6.67. The number of halogens is 2. The van der Waals surface area contributed by atoms with Gasteiger partial charge in [0.25, 0.3) is 5.92 Å². The minimum Gasteiger partial charge on any atom is -0.337 e. The average molecular weight is 393 g/mol. The van der Waals surface area contributed by atoms with Crippen molar-refractivity contribution in [3.8, 4) is 0 Å². The summed E-state index contributed by atoms with van der Waals surface area (Å²) in [5, 5.41) is 0. The number of sulfonamides is 1. The zero-order valence-electron chi connectivity index (χ0n) is 15.3. The first-order valence-electron chi connectivity index (χ1n) is 9.94. The summed E-state index contributed by atoms with van der Waals surface area (Å²) in [4.78, 5) is 13.3. The molecule has 0 spiro atoms. The van der Waals surface area contributed by atoms with Crippen LogP contribution < -0.4 is 0 Å². The number of piperidine rings is 2. The summed E-state index contributed by atoms with van der Waals surface area (Å²) < 4.78 is 54.1. The molecular weight excluding hydrogens is 362 g/mol. The second-order valence-electron chi connectivity index (χ2n) is 8.06. The van der Waals surface area contributed by atoms with Crippen LogP contribution >= 0.6 is 0 Å². The topological polar surface area (TPSA) is 57.7 Å². The van der Waals surface area contributed by atoms with Gasteiger partial charge in [-0.2, -0.15) is 4.31 Å². The summed E-state index contributed by atoms with van der Waals surface area (Å²) in [6.45, 7) is 0.390. The van der Waals surface area contributed by atoms with Gasteiger partial charge in [-0.25, -0.2) is 17.2 Å². The number of hydrogen-bond donors (Lipinski definition) is 0. The van der Waals surface area contributed by atoms with Crippen molar-refractivity contribution in [1.29, 1.82) is 0 Å². The molecule has 1 aliphatic carbocycles. The number of amides is 1. The van der Waals surface area contributed by atoms with Crippen LogP contribution in [0.4, 0.5) is 8.78 Å². The number of nitrogens with zero attached hydrogens (tertiary/aromatic N) is 2. The predicted molar refractivity (Wildman–Crippen MR) is 95.5 cm³/mol. The van der Waals surface area contributed by atoms with E-state index in [2.05, 4.69) is 0 Å². The third-order valence-corrected chi connectivity index (χ3v) is 8.06. The van der Waals surface area contributed by atoms with Crippen LogP contribution in [0.3, 0.4) is 0 Å². The SMILES string of the molecule is O=C(CCCS(=O)(=O)N1CCCC2CCCCC21)N1CCCC(F)(F)C1. The van der Waals surface area contributed by atoms with E-state index in [4.69, 9.17) is 0 Å². The molecule has 2 aliphatic heterocycles. The first kappa shape index (κ1) is 20.0. The number of carbonyl (C=O) groups is 1. The first-order valence-corrected chi connectivity index (χ1v) is 11.5. The lowest BCUT2D eigenvalue weighted by molar-refractivity contribution is -0.141. The molecule has 3 aliphatic rings. The quantitative estimate of drug-likeness (QED) is 0.723. The van der Waals surface area contributed by atoms with Gasteiger partial charge in [-0.1, -0.05) is 12.8 Å². The Morgan fingerprint density at radius 3 is 2.54 bits per heavy atom. The van der Waals surface area contributed by atoms with E-state index >= 15 is 0 Å². The van der Waals surface area contributed by atoms with Crippen LogP contribution in [-0.2, 0) is 14.8 Å². The molecule has 2 atom stereocenters. The molecule has 5 nitrogen and oxygen atoms in total. The van der Waals surface area contributed by atoms with Crippen LogP contribution in [-0.4, -0.2) is 60.9 Å². The molecule has 2 unspecified atom stereocenters. The summed E-state index contributed by atoms with van der Waals surface area (Å²) in [5.41, 5.74) is 0. The summed E-state index contributed by atoms with van der Waals surface area (Å²) in [7, 11) is -3.39. The van der Waals surface area contributed by atoms with Crippen LogP contribution in [0.2, 0.25) is 0 Å². The molecule has 0 aromatic rings. The monoisotopic (exact) mass is 392 g/mol. The smallest absolute Gasteiger partial charge is 0.265 e. The van der Waals surface area contributed by atoms with Gasteiger partial charge in [0, 0.05) is 32.0 Å². The Balaban J connectivity index is 1.51. The molecule has 0 aromatic carbocycles. The first-order chi connectivity index (χ1) is 12.3. The van der Waals surface area contributed by atoms with Crippen molar-refractivity contribution in [1.82, 2.24) is 9.21 Å². The van der Waals surface area contributed by atoms with Crippen molar-refractivity contribution in [2.45, 2.75) is 76.2 Å². The number of carbonyl (C=O) groups excluding carboxylic acids is 1. The second-order valence-corrected chi connectivity index (χ2v) is 10.1. The van der Waals surface area contributed by atoms with Crippen molar-refractivity contribution in [3.63, 3.8) is 0 Å². The van der Waals surface area contributed by atoms with Crippen LogP contribution in [0.25, 0.3) is 0 Å². The lowest BCUT2D eigenvalue weighted by Crippen LogP contribution is -2.50. The molecule has 3 rings (SSSR count). The van der Waals surface area contributed by atoms with Gasteiger partial charge in [-0.3, -0.25) is 4.79 Å². The Morgan fingerprint density at radius 2 is 1.77 bits per heavy atom. The van der Waals surface area contributed by atoms with Gasteiger partial charge in [0.2, 0.25) is 15.9 Å². The van der Waals surface area contributed by atoms with Gasteiger partial charge in [0.1, 0.15) is 0 Å².